The zero-order chi connectivity index (χ0) is 20.0. The van der Waals surface area contributed by atoms with Gasteiger partial charge in [-0.2, -0.15) is 0 Å². The number of rotatable bonds is 6. The number of anilines is 2. The molecule has 0 aliphatic heterocycles. The molecule has 0 saturated heterocycles. The molecule has 0 spiro atoms. The summed E-state index contributed by atoms with van der Waals surface area (Å²) in [6.07, 6.45) is 4.90. The molecule has 3 aromatic rings. The van der Waals surface area contributed by atoms with Gasteiger partial charge in [-0.25, -0.2) is 18.2 Å². The number of nitrogens with zero attached hydrogens (tertiary/aromatic N) is 2. The van der Waals surface area contributed by atoms with Crippen LogP contribution in [0, 0.1) is 6.92 Å². The highest BCUT2D eigenvalue weighted by atomic mass is 32.2. The van der Waals surface area contributed by atoms with Crippen LogP contribution in [0.1, 0.15) is 11.1 Å². The highest BCUT2D eigenvalue weighted by molar-refractivity contribution is 7.92. The number of amides is 2. The monoisotopic (exact) mass is 397 g/mol. The number of benzene rings is 1. The number of aryl methyl sites for hydroxylation is 1. The van der Waals surface area contributed by atoms with Crippen LogP contribution in [-0.2, 0) is 16.6 Å². The van der Waals surface area contributed by atoms with Crippen molar-refractivity contribution in [2.24, 2.45) is 0 Å². The molecule has 3 rings (SSSR count). The summed E-state index contributed by atoms with van der Waals surface area (Å²) in [7, 11) is -3.77. The maximum atomic E-state index is 12.4. The second-order valence-corrected chi connectivity index (χ2v) is 7.70. The third-order valence-electron chi connectivity index (χ3n) is 3.75. The molecule has 0 bridgehead atoms. The van der Waals surface area contributed by atoms with Crippen molar-refractivity contribution >= 4 is 27.6 Å². The first kappa shape index (κ1) is 19.3. The molecule has 2 aromatic heterocycles. The van der Waals surface area contributed by atoms with E-state index in [1.54, 1.807) is 36.8 Å². The first-order valence-electron chi connectivity index (χ1n) is 8.42. The third kappa shape index (κ3) is 5.27. The lowest BCUT2D eigenvalue weighted by Crippen LogP contribution is -2.28. The molecule has 0 atom stereocenters. The lowest BCUT2D eigenvalue weighted by atomic mass is 10.3. The molecule has 0 radical (unpaired) electrons. The van der Waals surface area contributed by atoms with Gasteiger partial charge >= 0.3 is 6.03 Å². The van der Waals surface area contributed by atoms with E-state index in [0.29, 0.717) is 12.2 Å². The summed E-state index contributed by atoms with van der Waals surface area (Å²) in [5, 5.41) is 5.35. The van der Waals surface area contributed by atoms with Gasteiger partial charge < -0.3 is 10.6 Å². The van der Waals surface area contributed by atoms with Crippen LogP contribution >= 0.6 is 0 Å². The first-order valence-corrected chi connectivity index (χ1v) is 9.90. The number of hydrogen-bond acceptors (Lipinski definition) is 5. The van der Waals surface area contributed by atoms with Gasteiger partial charge in [0.1, 0.15) is 5.82 Å². The van der Waals surface area contributed by atoms with E-state index in [1.165, 1.54) is 24.3 Å². The van der Waals surface area contributed by atoms with Crippen LogP contribution < -0.4 is 15.4 Å². The van der Waals surface area contributed by atoms with Crippen LogP contribution in [0.2, 0.25) is 0 Å². The number of carbonyl (C=O) groups is 1. The minimum absolute atomic E-state index is 0.0659. The predicted molar refractivity (Wildman–Crippen MR) is 106 cm³/mol. The van der Waals surface area contributed by atoms with Gasteiger partial charge in [-0.05, 0) is 54.4 Å². The minimum atomic E-state index is -3.77. The summed E-state index contributed by atoms with van der Waals surface area (Å²) < 4.78 is 27.3. The van der Waals surface area contributed by atoms with Gasteiger partial charge in [-0.3, -0.25) is 9.71 Å². The van der Waals surface area contributed by atoms with Crippen LogP contribution in [0.5, 0.6) is 0 Å². The Balaban J connectivity index is 1.59. The van der Waals surface area contributed by atoms with Crippen LogP contribution in [0.3, 0.4) is 0 Å². The second kappa shape index (κ2) is 8.49. The number of sulfonamides is 1. The van der Waals surface area contributed by atoms with Crippen molar-refractivity contribution in [1.29, 1.82) is 0 Å². The molecule has 2 amide bonds. The first-order chi connectivity index (χ1) is 13.4. The Kier molecular flexibility index (Phi) is 5.85. The number of pyridine rings is 2. The fourth-order valence-electron chi connectivity index (χ4n) is 2.30. The standard InChI is InChI=1S/C19H19N5O3S/c1-14-4-9-18(21-11-14)24-28(26,27)17-7-5-16(6-8-17)23-19(25)22-13-15-3-2-10-20-12-15/h2-12H,13H2,1H3,(H,21,24)(H2,22,23,25). The van der Waals surface area contributed by atoms with E-state index in [2.05, 4.69) is 25.3 Å². The van der Waals surface area contributed by atoms with Crippen LogP contribution in [0.4, 0.5) is 16.3 Å². The molecular formula is C19H19N5O3S. The smallest absolute Gasteiger partial charge is 0.319 e. The van der Waals surface area contributed by atoms with E-state index in [9.17, 15) is 13.2 Å². The van der Waals surface area contributed by atoms with Crippen molar-refractivity contribution in [3.05, 3.63) is 78.2 Å². The number of aromatic nitrogens is 2. The van der Waals surface area contributed by atoms with Crippen molar-refractivity contribution in [3.63, 3.8) is 0 Å². The number of nitrogens with one attached hydrogen (secondary N) is 3. The van der Waals surface area contributed by atoms with Gasteiger partial charge in [0.15, 0.2) is 0 Å². The summed E-state index contributed by atoms with van der Waals surface area (Å²) in [6.45, 7) is 2.20. The number of carbonyl (C=O) groups excluding carboxylic acids is 1. The molecule has 2 heterocycles. The van der Waals surface area contributed by atoms with Gasteiger partial charge in [0.25, 0.3) is 10.0 Å². The van der Waals surface area contributed by atoms with Gasteiger partial charge in [0, 0.05) is 30.8 Å². The van der Waals surface area contributed by atoms with Gasteiger partial charge in [0.2, 0.25) is 0 Å². The lowest BCUT2D eigenvalue weighted by molar-refractivity contribution is 0.251. The second-order valence-electron chi connectivity index (χ2n) is 6.02. The summed E-state index contributed by atoms with van der Waals surface area (Å²) in [5.74, 6) is 0.239. The average Bonchev–Trinajstić information content (AvgIpc) is 2.69. The molecule has 144 valence electrons. The van der Waals surface area contributed by atoms with Crippen molar-refractivity contribution in [2.45, 2.75) is 18.4 Å². The zero-order valence-electron chi connectivity index (χ0n) is 15.1. The normalized spacial score (nSPS) is 10.9. The highest BCUT2D eigenvalue weighted by Gasteiger charge is 2.15. The molecule has 3 N–H and O–H groups in total. The van der Waals surface area contributed by atoms with Gasteiger partial charge in [0.05, 0.1) is 4.90 Å². The Morgan fingerprint density at radius 2 is 1.82 bits per heavy atom. The summed E-state index contributed by atoms with van der Waals surface area (Å²) in [6, 6.07) is 12.4. The van der Waals surface area contributed by atoms with Crippen LogP contribution in [0.15, 0.2) is 72.0 Å². The molecule has 1 aromatic carbocycles. The largest absolute Gasteiger partial charge is 0.334 e. The van der Waals surface area contributed by atoms with Crippen LogP contribution in [0.25, 0.3) is 0 Å². The highest BCUT2D eigenvalue weighted by Crippen LogP contribution is 2.17. The minimum Gasteiger partial charge on any atom is -0.334 e. The molecule has 28 heavy (non-hydrogen) atoms. The summed E-state index contributed by atoms with van der Waals surface area (Å²) in [5.41, 5.74) is 2.27. The Morgan fingerprint density at radius 1 is 1.04 bits per heavy atom. The lowest BCUT2D eigenvalue weighted by Gasteiger charge is -2.10. The Hall–Kier alpha value is -3.46. The summed E-state index contributed by atoms with van der Waals surface area (Å²) in [4.78, 5) is 20.0. The van der Waals surface area contributed by atoms with Crippen molar-refractivity contribution in [2.75, 3.05) is 10.0 Å². The average molecular weight is 397 g/mol. The van der Waals surface area contributed by atoms with Crippen molar-refractivity contribution in [1.82, 2.24) is 15.3 Å². The van der Waals surface area contributed by atoms with Crippen LogP contribution in [-0.4, -0.2) is 24.4 Å². The molecular weight excluding hydrogens is 378 g/mol. The van der Waals surface area contributed by atoms with Crippen molar-refractivity contribution < 1.29 is 13.2 Å². The SMILES string of the molecule is Cc1ccc(NS(=O)(=O)c2ccc(NC(=O)NCc3cccnc3)cc2)nc1. The summed E-state index contributed by atoms with van der Waals surface area (Å²) >= 11 is 0. The Labute approximate surface area is 163 Å². The molecule has 0 aliphatic carbocycles. The zero-order valence-corrected chi connectivity index (χ0v) is 15.9. The fraction of sp³-hybridized carbons (Fsp3) is 0.105. The van der Waals surface area contributed by atoms with E-state index < -0.39 is 16.1 Å². The molecule has 0 fully saturated rings. The Morgan fingerprint density at radius 3 is 2.46 bits per heavy atom. The molecule has 8 nitrogen and oxygen atoms in total. The maximum absolute atomic E-state index is 12.4. The predicted octanol–water partition coefficient (Wildman–Crippen LogP) is 2.91. The van der Waals surface area contributed by atoms with E-state index in [1.807, 2.05) is 13.0 Å². The van der Waals surface area contributed by atoms with E-state index in [-0.39, 0.29) is 10.7 Å². The topological polar surface area (TPSA) is 113 Å². The van der Waals surface area contributed by atoms with E-state index >= 15 is 0 Å². The fourth-order valence-corrected chi connectivity index (χ4v) is 3.31. The molecule has 0 aliphatic rings. The van der Waals surface area contributed by atoms with E-state index in [0.717, 1.165) is 11.1 Å². The Bertz CT molecular complexity index is 1040. The van der Waals surface area contributed by atoms with Gasteiger partial charge in [-0.1, -0.05) is 12.1 Å². The molecule has 0 saturated carbocycles. The third-order valence-corrected chi connectivity index (χ3v) is 5.12. The molecule has 9 heteroatoms. The number of urea groups is 1. The molecule has 0 unspecified atom stereocenters. The maximum Gasteiger partial charge on any atom is 0.319 e. The van der Waals surface area contributed by atoms with E-state index in [4.69, 9.17) is 0 Å². The quantitative estimate of drug-likeness (QED) is 0.592. The van der Waals surface area contributed by atoms with Crippen molar-refractivity contribution in [3.8, 4) is 0 Å². The van der Waals surface area contributed by atoms with Gasteiger partial charge in [-0.15, -0.1) is 0 Å². The number of hydrogen-bond donors (Lipinski definition) is 3.